The fourth-order valence-corrected chi connectivity index (χ4v) is 1.97. The molecule has 0 aliphatic rings. The van der Waals surface area contributed by atoms with Crippen molar-refractivity contribution < 1.29 is 9.90 Å². The van der Waals surface area contributed by atoms with Crippen LogP contribution in [0.2, 0.25) is 0 Å². The first-order chi connectivity index (χ1) is 10.6. The van der Waals surface area contributed by atoms with Crippen molar-refractivity contribution >= 4 is 12.1 Å². The Labute approximate surface area is 129 Å². The third-order valence-electron chi connectivity index (χ3n) is 3.20. The lowest BCUT2D eigenvalue weighted by molar-refractivity contribution is 0.0955. The van der Waals surface area contributed by atoms with Gasteiger partial charge in [0.25, 0.3) is 5.91 Å². The quantitative estimate of drug-likeness (QED) is 0.505. The fourth-order valence-electron chi connectivity index (χ4n) is 1.97. The molecule has 0 spiro atoms. The summed E-state index contributed by atoms with van der Waals surface area (Å²) in [4.78, 5) is 11.9. The van der Waals surface area contributed by atoms with Crippen molar-refractivity contribution in [1.29, 1.82) is 0 Å². The molecule has 0 aliphatic heterocycles. The highest BCUT2D eigenvalue weighted by Crippen LogP contribution is 2.21. The summed E-state index contributed by atoms with van der Waals surface area (Å²) in [7, 11) is 0. The fraction of sp³-hybridized carbons (Fsp3) is 0.111. The minimum atomic E-state index is -0.294. The van der Waals surface area contributed by atoms with Gasteiger partial charge in [-0.25, -0.2) is 5.43 Å². The van der Waals surface area contributed by atoms with Crippen molar-refractivity contribution in [2.45, 2.75) is 13.3 Å². The van der Waals surface area contributed by atoms with E-state index in [1.54, 1.807) is 24.3 Å². The lowest BCUT2D eigenvalue weighted by atomic mass is 10.1. The van der Waals surface area contributed by atoms with Gasteiger partial charge in [0.1, 0.15) is 5.75 Å². The summed E-state index contributed by atoms with van der Waals surface area (Å²) in [6, 6.07) is 12.6. The summed E-state index contributed by atoms with van der Waals surface area (Å²) in [5.41, 5.74) is 5.38. The molecule has 0 saturated heterocycles. The highest BCUT2D eigenvalue weighted by Gasteiger charge is 2.05. The molecule has 0 radical (unpaired) electrons. The zero-order valence-corrected chi connectivity index (χ0v) is 12.4. The number of allylic oxidation sites excluding steroid dienone is 1. The van der Waals surface area contributed by atoms with Crippen molar-refractivity contribution in [3.63, 3.8) is 0 Å². The van der Waals surface area contributed by atoms with Crippen LogP contribution in [0.25, 0.3) is 0 Å². The van der Waals surface area contributed by atoms with Crippen LogP contribution in [0, 0.1) is 6.92 Å². The van der Waals surface area contributed by atoms with Gasteiger partial charge in [-0.1, -0.05) is 35.9 Å². The molecule has 0 heterocycles. The molecule has 2 aromatic rings. The zero-order valence-electron chi connectivity index (χ0n) is 12.4. The van der Waals surface area contributed by atoms with Crippen molar-refractivity contribution in [1.82, 2.24) is 5.43 Å². The van der Waals surface area contributed by atoms with Crippen LogP contribution in [-0.2, 0) is 6.42 Å². The minimum absolute atomic E-state index is 0.149. The highest BCUT2D eigenvalue weighted by atomic mass is 16.3. The second-order valence-corrected chi connectivity index (χ2v) is 4.91. The predicted octanol–water partition coefficient (Wildman–Crippen LogP) is 3.19. The number of amides is 1. The van der Waals surface area contributed by atoms with Crippen LogP contribution in [0.1, 0.15) is 27.0 Å². The van der Waals surface area contributed by atoms with Gasteiger partial charge in [-0.05, 0) is 37.1 Å². The van der Waals surface area contributed by atoms with Crippen molar-refractivity contribution in [3.8, 4) is 5.75 Å². The number of phenolic OH excluding ortho intramolecular Hbond substituents is 1. The van der Waals surface area contributed by atoms with E-state index in [1.165, 1.54) is 6.21 Å². The summed E-state index contributed by atoms with van der Waals surface area (Å²) in [5.74, 6) is -0.145. The van der Waals surface area contributed by atoms with Crippen molar-refractivity contribution in [2.24, 2.45) is 5.10 Å². The Hall–Kier alpha value is -2.88. The number of rotatable bonds is 5. The maximum atomic E-state index is 11.9. The maximum absolute atomic E-state index is 11.9. The normalized spacial score (nSPS) is 10.6. The van der Waals surface area contributed by atoms with Crippen LogP contribution in [0.3, 0.4) is 0 Å². The topological polar surface area (TPSA) is 61.7 Å². The Balaban J connectivity index is 2.06. The number of hydrogen-bond donors (Lipinski definition) is 2. The van der Waals surface area contributed by atoms with Crippen LogP contribution in [0.4, 0.5) is 0 Å². The van der Waals surface area contributed by atoms with Crippen LogP contribution in [0.5, 0.6) is 5.75 Å². The van der Waals surface area contributed by atoms with Crippen molar-refractivity contribution in [3.05, 3.63) is 77.4 Å². The molecule has 0 saturated carbocycles. The molecule has 2 N–H and O–H groups in total. The minimum Gasteiger partial charge on any atom is -0.507 e. The molecular formula is C18H18N2O2. The molecule has 0 unspecified atom stereocenters. The van der Waals surface area contributed by atoms with Gasteiger partial charge < -0.3 is 5.11 Å². The van der Waals surface area contributed by atoms with E-state index in [1.807, 2.05) is 31.2 Å². The third kappa shape index (κ3) is 3.82. The smallest absolute Gasteiger partial charge is 0.271 e. The molecule has 0 aliphatic carbocycles. The van der Waals surface area contributed by atoms with Gasteiger partial charge in [-0.3, -0.25) is 4.79 Å². The van der Waals surface area contributed by atoms with E-state index in [9.17, 15) is 9.90 Å². The number of hydrogen-bond acceptors (Lipinski definition) is 3. The number of nitrogens with one attached hydrogen (secondary N) is 1. The molecule has 2 aromatic carbocycles. The molecule has 1 amide bonds. The van der Waals surface area contributed by atoms with Gasteiger partial charge in [-0.15, -0.1) is 6.58 Å². The Morgan fingerprint density at radius 2 is 2.00 bits per heavy atom. The van der Waals surface area contributed by atoms with E-state index in [2.05, 4.69) is 17.1 Å². The summed E-state index contributed by atoms with van der Waals surface area (Å²) in [6.07, 6.45) is 3.71. The highest BCUT2D eigenvalue weighted by molar-refractivity contribution is 5.95. The number of para-hydroxylation sites is 1. The van der Waals surface area contributed by atoms with E-state index in [4.69, 9.17) is 0 Å². The molecule has 0 aromatic heterocycles. The number of benzene rings is 2. The zero-order chi connectivity index (χ0) is 15.9. The molecule has 4 nitrogen and oxygen atoms in total. The lowest BCUT2D eigenvalue weighted by Crippen LogP contribution is -2.17. The van der Waals surface area contributed by atoms with E-state index in [-0.39, 0.29) is 11.7 Å². The molecule has 0 fully saturated rings. The van der Waals surface area contributed by atoms with E-state index in [0.29, 0.717) is 17.5 Å². The molecule has 0 bridgehead atoms. The van der Waals surface area contributed by atoms with Crippen LogP contribution < -0.4 is 5.43 Å². The first-order valence-corrected chi connectivity index (χ1v) is 6.93. The second kappa shape index (κ2) is 7.22. The molecule has 22 heavy (non-hydrogen) atoms. The number of aryl methyl sites for hydroxylation is 1. The van der Waals surface area contributed by atoms with Crippen molar-refractivity contribution in [2.75, 3.05) is 0 Å². The Morgan fingerprint density at radius 3 is 2.68 bits per heavy atom. The van der Waals surface area contributed by atoms with Crippen LogP contribution >= 0.6 is 0 Å². The average Bonchev–Trinajstić information content (AvgIpc) is 2.51. The first-order valence-electron chi connectivity index (χ1n) is 6.93. The SMILES string of the molecule is C=CCc1cccc(/C=N/NC(=O)c2ccc(C)cc2)c1O. The number of phenols is 1. The number of carbonyl (C=O) groups excluding carboxylic acids is 1. The van der Waals surface area contributed by atoms with Crippen LogP contribution in [-0.4, -0.2) is 17.2 Å². The third-order valence-corrected chi connectivity index (χ3v) is 3.20. The number of carbonyl (C=O) groups is 1. The number of nitrogens with zero attached hydrogens (tertiary/aromatic N) is 1. The molecule has 4 heteroatoms. The van der Waals surface area contributed by atoms with Gasteiger partial charge in [0.2, 0.25) is 0 Å². The Kier molecular flexibility index (Phi) is 5.09. The molecular weight excluding hydrogens is 276 g/mol. The lowest BCUT2D eigenvalue weighted by Gasteiger charge is -2.04. The molecule has 112 valence electrons. The van der Waals surface area contributed by atoms with Gasteiger partial charge in [0.05, 0.1) is 6.21 Å². The number of aromatic hydroxyl groups is 1. The summed E-state index contributed by atoms with van der Waals surface area (Å²) in [6.45, 7) is 5.61. The second-order valence-electron chi connectivity index (χ2n) is 4.91. The average molecular weight is 294 g/mol. The predicted molar refractivity (Wildman–Crippen MR) is 88.2 cm³/mol. The van der Waals surface area contributed by atoms with Gasteiger partial charge in [-0.2, -0.15) is 5.10 Å². The monoisotopic (exact) mass is 294 g/mol. The number of hydrazone groups is 1. The Morgan fingerprint density at radius 1 is 1.27 bits per heavy atom. The van der Waals surface area contributed by atoms with E-state index < -0.39 is 0 Å². The molecule has 0 atom stereocenters. The molecule has 2 rings (SSSR count). The maximum Gasteiger partial charge on any atom is 0.271 e. The Bertz CT molecular complexity index is 704. The summed E-state index contributed by atoms with van der Waals surface area (Å²) in [5, 5.41) is 14.0. The largest absolute Gasteiger partial charge is 0.507 e. The van der Waals surface area contributed by atoms with Gasteiger partial charge in [0.15, 0.2) is 0 Å². The van der Waals surface area contributed by atoms with E-state index in [0.717, 1.165) is 11.1 Å². The summed E-state index contributed by atoms with van der Waals surface area (Å²) < 4.78 is 0. The van der Waals surface area contributed by atoms with E-state index >= 15 is 0 Å². The standard InChI is InChI=1S/C18H18N2O2/c1-3-5-14-6-4-7-16(17(14)21)12-19-20-18(22)15-10-8-13(2)9-11-15/h3-4,6-12,21H,1,5H2,2H3,(H,20,22)/b19-12+. The summed E-state index contributed by atoms with van der Waals surface area (Å²) >= 11 is 0. The first kappa shape index (κ1) is 15.5. The van der Waals surface area contributed by atoms with Gasteiger partial charge in [0, 0.05) is 11.1 Å². The van der Waals surface area contributed by atoms with Gasteiger partial charge >= 0.3 is 0 Å². The van der Waals surface area contributed by atoms with Crippen LogP contribution in [0.15, 0.2) is 60.2 Å².